The Bertz CT molecular complexity index is 615. The van der Waals surface area contributed by atoms with Crippen LogP contribution in [0, 0.1) is 5.41 Å². The molecule has 2 fully saturated rings. The minimum Gasteiger partial charge on any atom is -0.378 e. The first kappa shape index (κ1) is 18.5. The first-order valence-electron chi connectivity index (χ1n) is 9.30. The summed E-state index contributed by atoms with van der Waals surface area (Å²) >= 11 is 6.52. The number of morpholine rings is 1. The van der Waals surface area contributed by atoms with Crippen molar-refractivity contribution in [2.24, 2.45) is 5.41 Å². The highest BCUT2D eigenvalue weighted by Gasteiger charge is 2.31. The van der Waals surface area contributed by atoms with Crippen molar-refractivity contribution in [2.45, 2.75) is 39.5 Å². The van der Waals surface area contributed by atoms with Crippen LogP contribution in [0.2, 0.25) is 5.02 Å². The van der Waals surface area contributed by atoms with Crippen molar-refractivity contribution in [3.63, 3.8) is 0 Å². The molecule has 25 heavy (non-hydrogen) atoms. The second-order valence-electron chi connectivity index (χ2n) is 7.52. The van der Waals surface area contributed by atoms with E-state index in [0.717, 1.165) is 25.3 Å². The maximum absolute atomic E-state index is 12.6. The van der Waals surface area contributed by atoms with Gasteiger partial charge in [-0.1, -0.05) is 31.9 Å². The van der Waals surface area contributed by atoms with E-state index in [4.69, 9.17) is 16.3 Å². The number of amides is 1. The highest BCUT2D eigenvalue weighted by molar-refractivity contribution is 6.33. The number of rotatable bonds is 4. The molecule has 1 unspecified atom stereocenters. The third-order valence-electron chi connectivity index (χ3n) is 5.30. The number of halogens is 1. The van der Waals surface area contributed by atoms with Crippen molar-refractivity contribution in [2.75, 3.05) is 44.3 Å². The molecule has 0 aliphatic carbocycles. The molecule has 1 amide bonds. The van der Waals surface area contributed by atoms with Crippen LogP contribution in [0.1, 0.15) is 49.9 Å². The molecule has 1 atom stereocenters. The molecule has 0 N–H and O–H groups in total. The van der Waals surface area contributed by atoms with Crippen molar-refractivity contribution in [1.29, 1.82) is 0 Å². The predicted octanol–water partition coefficient (Wildman–Crippen LogP) is 3.61. The lowest BCUT2D eigenvalue weighted by Crippen LogP contribution is -2.42. The summed E-state index contributed by atoms with van der Waals surface area (Å²) in [5.74, 6) is 0.793. The predicted molar refractivity (Wildman–Crippen MR) is 100 cm³/mol. The van der Waals surface area contributed by atoms with Crippen LogP contribution in [0.4, 0.5) is 5.82 Å². The van der Waals surface area contributed by atoms with Crippen molar-refractivity contribution < 1.29 is 9.53 Å². The zero-order valence-electron chi connectivity index (χ0n) is 15.3. The molecule has 2 aliphatic rings. The quantitative estimate of drug-likeness (QED) is 0.817. The van der Waals surface area contributed by atoms with Gasteiger partial charge in [0.25, 0.3) is 5.91 Å². The summed E-state index contributed by atoms with van der Waals surface area (Å²) in [6.07, 6.45) is 6.49. The second-order valence-corrected chi connectivity index (χ2v) is 7.93. The molecule has 2 saturated heterocycles. The highest BCUT2D eigenvalue weighted by Crippen LogP contribution is 2.37. The molecule has 3 heterocycles. The standard InChI is InChI=1S/C19H28ClN3O2/c1-3-5-19(2)6-4-7-23(14-19)17-16(20)12-15(13-21-17)18(24)22-8-10-25-11-9-22/h12-13H,3-11,14H2,1-2H3. The van der Waals surface area contributed by atoms with Crippen LogP contribution in [0.25, 0.3) is 0 Å². The van der Waals surface area contributed by atoms with Gasteiger partial charge in [-0.3, -0.25) is 4.79 Å². The average molecular weight is 366 g/mol. The van der Waals surface area contributed by atoms with E-state index in [1.165, 1.54) is 19.3 Å². The Morgan fingerprint density at radius 1 is 1.36 bits per heavy atom. The number of pyridine rings is 1. The second kappa shape index (κ2) is 7.92. The molecule has 0 radical (unpaired) electrons. The van der Waals surface area contributed by atoms with Gasteiger partial charge in [-0.15, -0.1) is 0 Å². The van der Waals surface area contributed by atoms with Crippen LogP contribution < -0.4 is 4.90 Å². The van der Waals surface area contributed by atoms with Crippen molar-refractivity contribution >= 4 is 23.3 Å². The van der Waals surface area contributed by atoms with E-state index in [1.807, 2.05) is 0 Å². The number of carbonyl (C=O) groups excluding carboxylic acids is 1. The highest BCUT2D eigenvalue weighted by atomic mass is 35.5. The van der Waals surface area contributed by atoms with Gasteiger partial charge in [-0.25, -0.2) is 4.98 Å². The molecule has 6 heteroatoms. The Kier molecular flexibility index (Phi) is 5.85. The van der Waals surface area contributed by atoms with Crippen LogP contribution in [0.5, 0.6) is 0 Å². The zero-order valence-corrected chi connectivity index (χ0v) is 16.0. The van der Waals surface area contributed by atoms with Crippen LogP contribution in [0.15, 0.2) is 12.3 Å². The van der Waals surface area contributed by atoms with E-state index in [9.17, 15) is 4.79 Å². The third kappa shape index (κ3) is 4.26. The molecule has 138 valence electrons. The fourth-order valence-electron chi connectivity index (χ4n) is 4.03. The van der Waals surface area contributed by atoms with E-state index in [2.05, 4.69) is 23.7 Å². The molecular formula is C19H28ClN3O2. The molecule has 3 rings (SSSR count). The summed E-state index contributed by atoms with van der Waals surface area (Å²) in [6.45, 7) is 8.98. The van der Waals surface area contributed by atoms with Crippen LogP contribution in [-0.4, -0.2) is 55.2 Å². The number of hydrogen-bond acceptors (Lipinski definition) is 4. The lowest BCUT2D eigenvalue weighted by Gasteiger charge is -2.41. The molecule has 1 aromatic rings. The first-order chi connectivity index (χ1) is 12.0. The lowest BCUT2D eigenvalue weighted by atomic mass is 9.78. The molecule has 5 nitrogen and oxygen atoms in total. The van der Waals surface area contributed by atoms with Crippen molar-refractivity contribution in [3.05, 3.63) is 22.8 Å². The van der Waals surface area contributed by atoms with Gasteiger partial charge in [0.1, 0.15) is 5.82 Å². The Balaban J connectivity index is 1.74. The molecule has 0 bridgehead atoms. The summed E-state index contributed by atoms with van der Waals surface area (Å²) in [6, 6.07) is 1.77. The van der Waals surface area contributed by atoms with Crippen molar-refractivity contribution in [1.82, 2.24) is 9.88 Å². The monoisotopic (exact) mass is 365 g/mol. The molecule has 0 saturated carbocycles. The van der Waals surface area contributed by atoms with Crippen LogP contribution in [-0.2, 0) is 4.74 Å². The topological polar surface area (TPSA) is 45.7 Å². The van der Waals surface area contributed by atoms with Crippen LogP contribution in [0.3, 0.4) is 0 Å². The molecule has 0 aromatic carbocycles. The molecule has 2 aliphatic heterocycles. The van der Waals surface area contributed by atoms with E-state index >= 15 is 0 Å². The number of aromatic nitrogens is 1. The summed E-state index contributed by atoms with van der Waals surface area (Å²) in [4.78, 5) is 21.2. The van der Waals surface area contributed by atoms with E-state index in [0.29, 0.717) is 42.3 Å². The van der Waals surface area contributed by atoms with E-state index in [-0.39, 0.29) is 5.91 Å². The van der Waals surface area contributed by atoms with Gasteiger partial charge in [-0.2, -0.15) is 0 Å². The van der Waals surface area contributed by atoms with Gasteiger partial charge < -0.3 is 14.5 Å². The van der Waals surface area contributed by atoms with Crippen LogP contribution >= 0.6 is 11.6 Å². The van der Waals surface area contributed by atoms with Gasteiger partial charge in [0.15, 0.2) is 0 Å². The van der Waals surface area contributed by atoms with E-state index < -0.39 is 0 Å². The SMILES string of the molecule is CCCC1(C)CCCN(c2ncc(C(=O)N3CCOCC3)cc2Cl)C1. The van der Waals surface area contributed by atoms with Gasteiger partial charge in [-0.05, 0) is 30.7 Å². The molecule has 0 spiro atoms. The third-order valence-corrected chi connectivity index (χ3v) is 5.58. The summed E-state index contributed by atoms with van der Waals surface area (Å²) in [7, 11) is 0. The summed E-state index contributed by atoms with van der Waals surface area (Å²) in [5, 5.41) is 0.569. The Labute approximate surface area is 155 Å². The summed E-state index contributed by atoms with van der Waals surface area (Å²) < 4.78 is 5.30. The average Bonchev–Trinajstić information content (AvgIpc) is 2.61. The first-order valence-corrected chi connectivity index (χ1v) is 9.68. The van der Waals surface area contributed by atoms with Gasteiger partial charge in [0.2, 0.25) is 0 Å². The molecular weight excluding hydrogens is 338 g/mol. The smallest absolute Gasteiger partial charge is 0.255 e. The van der Waals surface area contributed by atoms with Gasteiger partial charge in [0, 0.05) is 32.4 Å². The number of anilines is 1. The summed E-state index contributed by atoms with van der Waals surface area (Å²) in [5.41, 5.74) is 0.879. The fraction of sp³-hybridized carbons (Fsp3) is 0.684. The van der Waals surface area contributed by atoms with Gasteiger partial charge in [0.05, 0.1) is 23.8 Å². The number of piperidine rings is 1. The number of nitrogens with zero attached hydrogens (tertiary/aromatic N) is 3. The molecule has 1 aromatic heterocycles. The Hall–Kier alpha value is -1.33. The van der Waals surface area contributed by atoms with Gasteiger partial charge >= 0.3 is 0 Å². The minimum absolute atomic E-state index is 0.0151. The van der Waals surface area contributed by atoms with Crippen molar-refractivity contribution in [3.8, 4) is 0 Å². The Morgan fingerprint density at radius 3 is 2.80 bits per heavy atom. The zero-order chi connectivity index (χ0) is 17.9. The lowest BCUT2D eigenvalue weighted by molar-refractivity contribution is 0.0302. The largest absolute Gasteiger partial charge is 0.378 e. The minimum atomic E-state index is -0.0151. The maximum atomic E-state index is 12.6. The number of carbonyl (C=O) groups is 1. The maximum Gasteiger partial charge on any atom is 0.255 e. The number of ether oxygens (including phenoxy) is 1. The Morgan fingerprint density at radius 2 is 2.12 bits per heavy atom. The fourth-order valence-corrected chi connectivity index (χ4v) is 4.32. The number of hydrogen-bond donors (Lipinski definition) is 0. The van der Waals surface area contributed by atoms with E-state index in [1.54, 1.807) is 17.2 Å². The normalized spacial score (nSPS) is 24.4.